The van der Waals surface area contributed by atoms with Crippen LogP contribution in [0.5, 0.6) is 0 Å². The number of rotatable bonds is 5. The van der Waals surface area contributed by atoms with E-state index in [0.29, 0.717) is 24.6 Å². The van der Waals surface area contributed by atoms with Gasteiger partial charge in [-0.2, -0.15) is 0 Å². The molecule has 4 heteroatoms. The van der Waals surface area contributed by atoms with Crippen molar-refractivity contribution in [2.24, 2.45) is 5.92 Å². The summed E-state index contributed by atoms with van der Waals surface area (Å²) in [5.74, 6) is 0.560. The molecule has 1 aliphatic rings. The Labute approximate surface area is 88.3 Å². The number of nitrogens with one attached hydrogen (secondary N) is 1. The molecular formula is C11H15NO3. The van der Waals surface area contributed by atoms with E-state index in [1.807, 2.05) is 0 Å². The van der Waals surface area contributed by atoms with Gasteiger partial charge < -0.3 is 14.8 Å². The van der Waals surface area contributed by atoms with Crippen LogP contribution in [-0.2, 0) is 0 Å². The van der Waals surface area contributed by atoms with Gasteiger partial charge in [0.25, 0.3) is 5.91 Å². The summed E-state index contributed by atoms with van der Waals surface area (Å²) < 4.78 is 4.94. The zero-order valence-corrected chi connectivity index (χ0v) is 8.48. The van der Waals surface area contributed by atoms with Crippen LogP contribution in [-0.4, -0.2) is 23.7 Å². The summed E-state index contributed by atoms with van der Waals surface area (Å²) in [5.41, 5.74) is 0. The van der Waals surface area contributed by atoms with Gasteiger partial charge in [0.1, 0.15) is 0 Å². The Hall–Kier alpha value is -1.29. The van der Waals surface area contributed by atoms with Gasteiger partial charge in [-0.3, -0.25) is 4.79 Å². The summed E-state index contributed by atoms with van der Waals surface area (Å²) in [4.78, 5) is 11.4. The van der Waals surface area contributed by atoms with Crippen molar-refractivity contribution < 1.29 is 14.3 Å². The number of aliphatic hydroxyl groups excluding tert-OH is 1. The Morgan fingerprint density at radius 2 is 2.47 bits per heavy atom. The van der Waals surface area contributed by atoms with Crippen molar-refractivity contribution in [1.82, 2.24) is 5.32 Å². The lowest BCUT2D eigenvalue weighted by Crippen LogP contribution is -2.27. The number of aliphatic hydroxyl groups is 1. The predicted molar refractivity (Wildman–Crippen MR) is 54.4 cm³/mol. The fourth-order valence-corrected chi connectivity index (χ4v) is 1.55. The highest BCUT2D eigenvalue weighted by atomic mass is 16.3. The van der Waals surface area contributed by atoms with E-state index in [4.69, 9.17) is 4.42 Å². The molecule has 0 radical (unpaired) electrons. The first kappa shape index (κ1) is 10.2. The lowest BCUT2D eigenvalue weighted by Gasteiger charge is -2.08. The normalized spacial score (nSPS) is 17.4. The summed E-state index contributed by atoms with van der Waals surface area (Å²) in [6.07, 6.45) is 4.06. The van der Waals surface area contributed by atoms with Crippen LogP contribution >= 0.6 is 0 Å². The largest absolute Gasteiger partial charge is 0.459 e. The highest BCUT2D eigenvalue weighted by Gasteiger charge is 2.29. The zero-order valence-electron chi connectivity index (χ0n) is 8.48. The molecule has 15 heavy (non-hydrogen) atoms. The summed E-state index contributed by atoms with van der Waals surface area (Å²) >= 11 is 0. The predicted octanol–water partition coefficient (Wildman–Crippen LogP) is 1.17. The van der Waals surface area contributed by atoms with Crippen LogP contribution in [0.1, 0.15) is 29.8 Å². The Morgan fingerprint density at radius 1 is 1.67 bits per heavy atom. The fraction of sp³-hybridized carbons (Fsp3) is 0.545. The Morgan fingerprint density at radius 3 is 3.07 bits per heavy atom. The lowest BCUT2D eigenvalue weighted by atomic mass is 10.1. The second-order valence-corrected chi connectivity index (χ2v) is 3.93. The first-order valence-electron chi connectivity index (χ1n) is 5.27. The van der Waals surface area contributed by atoms with Gasteiger partial charge in [0.2, 0.25) is 0 Å². The van der Waals surface area contributed by atoms with Crippen LogP contribution in [0.2, 0.25) is 0 Å². The van der Waals surface area contributed by atoms with E-state index in [0.717, 1.165) is 12.8 Å². The number of carbonyl (C=O) groups is 1. The van der Waals surface area contributed by atoms with Gasteiger partial charge in [0.05, 0.1) is 12.4 Å². The maximum atomic E-state index is 11.4. The number of furan rings is 1. The molecule has 0 unspecified atom stereocenters. The molecule has 1 atom stereocenters. The van der Waals surface area contributed by atoms with Crippen LogP contribution in [0, 0.1) is 5.92 Å². The third kappa shape index (κ3) is 2.83. The Kier molecular flexibility index (Phi) is 3.06. The fourth-order valence-electron chi connectivity index (χ4n) is 1.55. The maximum absolute atomic E-state index is 11.4. The second-order valence-electron chi connectivity index (χ2n) is 3.93. The molecule has 0 aliphatic heterocycles. The monoisotopic (exact) mass is 209 g/mol. The SMILES string of the molecule is O=C(NCC[C@H](O)C1CC1)c1ccco1. The number of amides is 1. The summed E-state index contributed by atoms with van der Waals surface area (Å²) in [6, 6.07) is 3.29. The average Bonchev–Trinajstić information content (AvgIpc) is 2.93. The molecule has 1 aromatic rings. The topological polar surface area (TPSA) is 62.5 Å². The standard InChI is InChI=1S/C11H15NO3/c13-9(8-3-4-8)5-6-12-11(14)10-2-1-7-15-10/h1-2,7-9,13H,3-6H2,(H,12,14)/t9-/m0/s1. The molecule has 1 fully saturated rings. The summed E-state index contributed by atoms with van der Waals surface area (Å²) in [7, 11) is 0. The van der Waals surface area contributed by atoms with Crippen molar-refractivity contribution in [2.45, 2.75) is 25.4 Å². The van der Waals surface area contributed by atoms with Crippen molar-refractivity contribution in [2.75, 3.05) is 6.54 Å². The van der Waals surface area contributed by atoms with Gasteiger partial charge in [-0.05, 0) is 37.3 Å². The molecule has 1 aliphatic carbocycles. The van der Waals surface area contributed by atoms with E-state index in [1.54, 1.807) is 12.1 Å². The van der Waals surface area contributed by atoms with E-state index in [9.17, 15) is 9.90 Å². The van der Waals surface area contributed by atoms with Gasteiger partial charge in [-0.15, -0.1) is 0 Å². The molecule has 0 aromatic carbocycles. The van der Waals surface area contributed by atoms with Crippen LogP contribution in [0.15, 0.2) is 22.8 Å². The first-order chi connectivity index (χ1) is 7.27. The quantitative estimate of drug-likeness (QED) is 0.765. The van der Waals surface area contributed by atoms with Gasteiger partial charge in [0, 0.05) is 6.54 Å². The second kappa shape index (κ2) is 4.49. The van der Waals surface area contributed by atoms with Crippen LogP contribution in [0.25, 0.3) is 0 Å². The smallest absolute Gasteiger partial charge is 0.286 e. The van der Waals surface area contributed by atoms with Crippen molar-refractivity contribution in [3.05, 3.63) is 24.2 Å². The zero-order chi connectivity index (χ0) is 10.7. The van der Waals surface area contributed by atoms with E-state index >= 15 is 0 Å². The molecule has 0 saturated heterocycles. The van der Waals surface area contributed by atoms with Crippen LogP contribution in [0.3, 0.4) is 0 Å². The minimum absolute atomic E-state index is 0.219. The number of carbonyl (C=O) groups excluding carboxylic acids is 1. The van der Waals surface area contributed by atoms with Gasteiger partial charge >= 0.3 is 0 Å². The van der Waals surface area contributed by atoms with Crippen LogP contribution in [0.4, 0.5) is 0 Å². The van der Waals surface area contributed by atoms with Crippen molar-refractivity contribution in [1.29, 1.82) is 0 Å². The molecule has 1 aromatic heterocycles. The van der Waals surface area contributed by atoms with E-state index in [-0.39, 0.29) is 12.0 Å². The van der Waals surface area contributed by atoms with E-state index in [2.05, 4.69) is 5.32 Å². The lowest BCUT2D eigenvalue weighted by molar-refractivity contribution is 0.0909. The molecule has 1 heterocycles. The minimum atomic E-state index is -0.262. The summed E-state index contributed by atoms with van der Waals surface area (Å²) in [5, 5.41) is 12.3. The van der Waals surface area contributed by atoms with E-state index < -0.39 is 0 Å². The highest BCUT2D eigenvalue weighted by molar-refractivity contribution is 5.91. The molecule has 4 nitrogen and oxygen atoms in total. The molecule has 2 N–H and O–H groups in total. The van der Waals surface area contributed by atoms with Crippen LogP contribution < -0.4 is 5.32 Å². The molecule has 1 amide bonds. The van der Waals surface area contributed by atoms with Gasteiger partial charge in [0.15, 0.2) is 5.76 Å². The molecule has 2 rings (SSSR count). The Balaban J connectivity index is 1.67. The van der Waals surface area contributed by atoms with Gasteiger partial charge in [-0.1, -0.05) is 0 Å². The molecule has 0 spiro atoms. The highest BCUT2D eigenvalue weighted by Crippen LogP contribution is 2.33. The Bertz CT molecular complexity index is 317. The van der Waals surface area contributed by atoms with Crippen molar-refractivity contribution in [3.8, 4) is 0 Å². The van der Waals surface area contributed by atoms with Crippen molar-refractivity contribution in [3.63, 3.8) is 0 Å². The van der Waals surface area contributed by atoms with E-state index in [1.165, 1.54) is 6.26 Å². The molecule has 0 bridgehead atoms. The molecule has 82 valence electrons. The number of hydrogen-bond donors (Lipinski definition) is 2. The third-order valence-corrected chi connectivity index (χ3v) is 2.64. The van der Waals surface area contributed by atoms with Gasteiger partial charge in [-0.25, -0.2) is 0 Å². The van der Waals surface area contributed by atoms with Crippen molar-refractivity contribution >= 4 is 5.91 Å². The molecular weight excluding hydrogens is 194 g/mol. The maximum Gasteiger partial charge on any atom is 0.286 e. The summed E-state index contributed by atoms with van der Waals surface area (Å²) in [6.45, 7) is 0.497. The molecule has 1 saturated carbocycles. The average molecular weight is 209 g/mol. The first-order valence-corrected chi connectivity index (χ1v) is 5.27. The minimum Gasteiger partial charge on any atom is -0.459 e. The number of hydrogen-bond acceptors (Lipinski definition) is 3. The third-order valence-electron chi connectivity index (χ3n) is 2.64.